The molecule has 2 aromatic rings. The van der Waals surface area contributed by atoms with Gasteiger partial charge in [0.15, 0.2) is 0 Å². The lowest BCUT2D eigenvalue weighted by atomic mass is 9.89. The Morgan fingerprint density at radius 2 is 1.68 bits per heavy atom. The van der Waals surface area contributed by atoms with Crippen LogP contribution in [0, 0.1) is 6.92 Å². The summed E-state index contributed by atoms with van der Waals surface area (Å²) in [6.07, 6.45) is 4.94. The number of aryl methyl sites for hydroxylation is 3. The molecule has 2 aromatic carbocycles. The van der Waals surface area contributed by atoms with Crippen LogP contribution in [0.3, 0.4) is 0 Å². The van der Waals surface area contributed by atoms with Crippen molar-refractivity contribution < 1.29 is 4.79 Å². The zero-order chi connectivity index (χ0) is 15.5. The number of hydrogen-bond donors (Lipinski definition) is 1. The van der Waals surface area contributed by atoms with E-state index in [4.69, 9.17) is 0 Å². The van der Waals surface area contributed by atoms with Crippen molar-refractivity contribution in [3.63, 3.8) is 0 Å². The molecule has 0 fully saturated rings. The van der Waals surface area contributed by atoms with E-state index >= 15 is 0 Å². The molecule has 0 spiro atoms. The van der Waals surface area contributed by atoms with Gasteiger partial charge in [-0.2, -0.15) is 0 Å². The molecular formula is C20H23NO. The first-order valence-electron chi connectivity index (χ1n) is 8.13. The van der Waals surface area contributed by atoms with E-state index in [1.54, 1.807) is 0 Å². The lowest BCUT2D eigenvalue weighted by Crippen LogP contribution is -2.26. The molecule has 0 radical (unpaired) electrons. The van der Waals surface area contributed by atoms with Gasteiger partial charge >= 0.3 is 0 Å². The molecule has 114 valence electrons. The van der Waals surface area contributed by atoms with Crippen molar-refractivity contribution in [2.45, 2.75) is 45.6 Å². The lowest BCUT2D eigenvalue weighted by molar-refractivity contribution is 0.0940. The molecule has 0 aliphatic heterocycles. The first-order chi connectivity index (χ1) is 10.6. The molecule has 0 saturated carbocycles. The largest absolute Gasteiger partial charge is 0.346 e. The minimum atomic E-state index is -0.00905. The molecule has 0 aromatic heterocycles. The van der Waals surface area contributed by atoms with Gasteiger partial charge in [0.1, 0.15) is 0 Å². The van der Waals surface area contributed by atoms with Gasteiger partial charge in [0.05, 0.1) is 6.04 Å². The van der Waals surface area contributed by atoms with Gasteiger partial charge in [-0.1, -0.05) is 35.9 Å². The van der Waals surface area contributed by atoms with E-state index < -0.39 is 0 Å². The van der Waals surface area contributed by atoms with Crippen molar-refractivity contribution in [1.29, 1.82) is 0 Å². The van der Waals surface area contributed by atoms with Gasteiger partial charge in [-0.05, 0) is 68.4 Å². The van der Waals surface area contributed by atoms with E-state index in [0.717, 1.165) is 5.56 Å². The van der Waals surface area contributed by atoms with Crippen LogP contribution in [0.15, 0.2) is 42.5 Å². The van der Waals surface area contributed by atoms with Crippen LogP contribution in [0.5, 0.6) is 0 Å². The number of nitrogens with one attached hydrogen (secondary N) is 1. The molecule has 1 amide bonds. The highest BCUT2D eigenvalue weighted by Crippen LogP contribution is 2.24. The molecular weight excluding hydrogens is 270 g/mol. The molecule has 0 bridgehead atoms. The fourth-order valence-electron chi connectivity index (χ4n) is 3.09. The molecule has 1 aliphatic rings. The molecule has 2 heteroatoms. The van der Waals surface area contributed by atoms with E-state index in [0.29, 0.717) is 0 Å². The minimum absolute atomic E-state index is 0.00905. The van der Waals surface area contributed by atoms with Crippen LogP contribution >= 0.6 is 0 Å². The summed E-state index contributed by atoms with van der Waals surface area (Å²) in [5.74, 6) is -0.00905. The van der Waals surface area contributed by atoms with E-state index in [9.17, 15) is 4.79 Å². The van der Waals surface area contributed by atoms with Gasteiger partial charge in [0.25, 0.3) is 5.91 Å². The predicted octanol–water partition coefficient (Wildman–Crippen LogP) is 4.36. The van der Waals surface area contributed by atoms with Crippen molar-refractivity contribution in [2.24, 2.45) is 0 Å². The molecule has 0 heterocycles. The predicted molar refractivity (Wildman–Crippen MR) is 90.1 cm³/mol. The van der Waals surface area contributed by atoms with Crippen LogP contribution < -0.4 is 5.32 Å². The summed E-state index contributed by atoms with van der Waals surface area (Å²) in [7, 11) is 0. The Morgan fingerprint density at radius 1 is 1.00 bits per heavy atom. The second kappa shape index (κ2) is 6.35. The number of amides is 1. The summed E-state index contributed by atoms with van der Waals surface area (Å²) in [6, 6.07) is 14.4. The Labute approximate surface area is 132 Å². The van der Waals surface area contributed by atoms with Gasteiger partial charge in [-0.15, -0.1) is 0 Å². The van der Waals surface area contributed by atoms with E-state index in [1.165, 1.54) is 47.9 Å². The van der Waals surface area contributed by atoms with Crippen molar-refractivity contribution in [1.82, 2.24) is 5.32 Å². The zero-order valence-electron chi connectivity index (χ0n) is 13.4. The molecule has 22 heavy (non-hydrogen) atoms. The minimum Gasteiger partial charge on any atom is -0.346 e. The van der Waals surface area contributed by atoms with E-state index in [-0.39, 0.29) is 11.9 Å². The van der Waals surface area contributed by atoms with Crippen LogP contribution in [0.1, 0.15) is 58.4 Å². The maximum absolute atomic E-state index is 12.3. The van der Waals surface area contributed by atoms with Gasteiger partial charge in [0, 0.05) is 5.56 Å². The molecule has 0 unspecified atom stereocenters. The highest BCUT2D eigenvalue weighted by atomic mass is 16.1. The summed E-state index contributed by atoms with van der Waals surface area (Å²) in [5.41, 5.74) is 6.02. The fourth-order valence-corrected chi connectivity index (χ4v) is 3.09. The average Bonchev–Trinajstić information content (AvgIpc) is 2.55. The van der Waals surface area contributed by atoms with Crippen LogP contribution in [0.2, 0.25) is 0 Å². The fraction of sp³-hybridized carbons (Fsp3) is 0.350. The summed E-state index contributed by atoms with van der Waals surface area (Å²) in [4.78, 5) is 12.3. The Balaban J connectivity index is 1.72. The molecule has 0 saturated heterocycles. The highest BCUT2D eigenvalue weighted by molar-refractivity contribution is 5.94. The maximum atomic E-state index is 12.3. The third kappa shape index (κ3) is 3.22. The number of hydrogen-bond acceptors (Lipinski definition) is 1. The highest BCUT2D eigenvalue weighted by Gasteiger charge is 2.14. The monoisotopic (exact) mass is 293 g/mol. The van der Waals surface area contributed by atoms with Gasteiger partial charge < -0.3 is 5.32 Å². The quantitative estimate of drug-likeness (QED) is 0.894. The Bertz CT molecular complexity index is 673. The zero-order valence-corrected chi connectivity index (χ0v) is 13.4. The van der Waals surface area contributed by atoms with Crippen molar-refractivity contribution in [2.75, 3.05) is 0 Å². The topological polar surface area (TPSA) is 29.1 Å². The molecule has 1 aliphatic carbocycles. The molecule has 3 rings (SSSR count). The van der Waals surface area contributed by atoms with Gasteiger partial charge in [-0.3, -0.25) is 4.79 Å². The number of rotatable bonds is 3. The SMILES string of the molecule is Cc1ccc(C(=O)N[C@@H](C)c2ccc3c(c2)CCCC3)cc1. The second-order valence-electron chi connectivity index (χ2n) is 6.30. The Morgan fingerprint density at radius 3 is 2.41 bits per heavy atom. The van der Waals surface area contributed by atoms with Crippen LogP contribution in [-0.4, -0.2) is 5.91 Å². The first-order valence-corrected chi connectivity index (χ1v) is 8.13. The van der Waals surface area contributed by atoms with Crippen LogP contribution in [0.4, 0.5) is 0 Å². The normalized spacial score (nSPS) is 15.0. The number of fused-ring (bicyclic) bond motifs is 1. The molecule has 1 N–H and O–H groups in total. The van der Waals surface area contributed by atoms with Crippen molar-refractivity contribution in [3.8, 4) is 0 Å². The van der Waals surface area contributed by atoms with E-state index in [2.05, 4.69) is 30.4 Å². The summed E-state index contributed by atoms with van der Waals surface area (Å²) < 4.78 is 0. The van der Waals surface area contributed by atoms with Gasteiger partial charge in [-0.25, -0.2) is 0 Å². The van der Waals surface area contributed by atoms with Crippen LogP contribution in [-0.2, 0) is 12.8 Å². The third-order valence-corrected chi connectivity index (χ3v) is 4.53. The second-order valence-corrected chi connectivity index (χ2v) is 6.30. The summed E-state index contributed by atoms with van der Waals surface area (Å²) in [5, 5.41) is 3.10. The molecule has 1 atom stereocenters. The van der Waals surface area contributed by atoms with E-state index in [1.807, 2.05) is 31.2 Å². The Hall–Kier alpha value is -2.09. The third-order valence-electron chi connectivity index (χ3n) is 4.53. The standard InChI is InChI=1S/C20H23NO/c1-14-7-9-17(10-8-14)20(22)21-15(2)18-12-11-16-5-3-4-6-19(16)13-18/h7-13,15H,3-6H2,1-2H3,(H,21,22)/t15-/m0/s1. The summed E-state index contributed by atoms with van der Waals surface area (Å²) >= 11 is 0. The van der Waals surface area contributed by atoms with Crippen LogP contribution in [0.25, 0.3) is 0 Å². The first kappa shape index (κ1) is 14.8. The maximum Gasteiger partial charge on any atom is 0.251 e. The summed E-state index contributed by atoms with van der Waals surface area (Å²) in [6.45, 7) is 4.08. The van der Waals surface area contributed by atoms with Crippen molar-refractivity contribution in [3.05, 3.63) is 70.3 Å². The lowest BCUT2D eigenvalue weighted by Gasteiger charge is -2.20. The number of benzene rings is 2. The molecule has 2 nitrogen and oxygen atoms in total. The van der Waals surface area contributed by atoms with Gasteiger partial charge in [0.2, 0.25) is 0 Å². The smallest absolute Gasteiger partial charge is 0.251 e. The average molecular weight is 293 g/mol. The van der Waals surface area contributed by atoms with Crippen molar-refractivity contribution >= 4 is 5.91 Å². The Kier molecular flexibility index (Phi) is 4.28. The number of carbonyl (C=O) groups is 1. The number of carbonyl (C=O) groups excluding carboxylic acids is 1.